The number of nitrogens with zero attached hydrogens (tertiary/aromatic N) is 3. The Morgan fingerprint density at radius 1 is 1.05 bits per heavy atom. The van der Waals surface area contributed by atoms with Crippen molar-refractivity contribution in [2.75, 3.05) is 20.2 Å². The largest absolute Gasteiger partial charge is 0.494 e. The molecule has 0 bridgehead atoms. The maximum Gasteiger partial charge on any atom is 0.210 e. The normalized spacial score (nSPS) is 15.9. The monoisotopic (exact) mass is 517 g/mol. The summed E-state index contributed by atoms with van der Waals surface area (Å²) in [4.78, 5) is 2.96. The highest BCUT2D eigenvalue weighted by atomic mass is 32.2. The fourth-order valence-corrected chi connectivity index (χ4v) is 7.04. The van der Waals surface area contributed by atoms with E-state index in [4.69, 9.17) is 4.74 Å². The van der Waals surface area contributed by atoms with Gasteiger partial charge in [0.05, 0.1) is 22.7 Å². The lowest BCUT2D eigenvalue weighted by Gasteiger charge is -2.33. The third-order valence-electron chi connectivity index (χ3n) is 7.26. The summed E-state index contributed by atoms with van der Waals surface area (Å²) >= 11 is 0. The minimum atomic E-state index is -3.73. The van der Waals surface area contributed by atoms with E-state index in [-0.39, 0.29) is 15.7 Å². The zero-order valence-electron chi connectivity index (χ0n) is 21.8. The van der Waals surface area contributed by atoms with E-state index < -0.39 is 9.84 Å². The topological polar surface area (TPSA) is 63.9 Å². The van der Waals surface area contributed by atoms with E-state index in [0.717, 1.165) is 13.0 Å². The minimum absolute atomic E-state index is 0.0208. The molecule has 2 aromatic carbocycles. The molecule has 194 valence electrons. The van der Waals surface area contributed by atoms with E-state index in [9.17, 15) is 8.42 Å². The second kappa shape index (κ2) is 10.7. The van der Waals surface area contributed by atoms with Crippen molar-refractivity contribution in [2.24, 2.45) is 0 Å². The molecule has 37 heavy (non-hydrogen) atoms. The summed E-state index contributed by atoms with van der Waals surface area (Å²) in [5.41, 5.74) is 4.11. The zero-order chi connectivity index (χ0) is 26.0. The highest BCUT2D eigenvalue weighted by molar-refractivity contribution is 7.91. The molecule has 0 radical (unpaired) electrons. The SMILES string of the molecule is CC(C)c1nn2ccccc2c1S(=O)(=O)c1ccc(OCCCN(C)C2CCCc3ccccc32)cc1. The number of fused-ring (bicyclic) bond motifs is 2. The van der Waals surface area contributed by atoms with Gasteiger partial charge in [0, 0.05) is 18.8 Å². The Kier molecular flexibility index (Phi) is 7.36. The van der Waals surface area contributed by atoms with Crippen LogP contribution in [0.4, 0.5) is 0 Å². The van der Waals surface area contributed by atoms with Gasteiger partial charge in [0.1, 0.15) is 10.6 Å². The second-order valence-electron chi connectivity index (χ2n) is 10.2. The van der Waals surface area contributed by atoms with Crippen LogP contribution in [0.1, 0.15) is 61.9 Å². The van der Waals surface area contributed by atoms with Gasteiger partial charge in [-0.1, -0.05) is 44.2 Å². The molecule has 0 saturated carbocycles. The van der Waals surface area contributed by atoms with Crippen molar-refractivity contribution in [2.45, 2.75) is 61.3 Å². The molecule has 0 saturated heterocycles. The van der Waals surface area contributed by atoms with Gasteiger partial charge >= 0.3 is 0 Å². The number of rotatable bonds is 9. The molecule has 1 atom stereocenters. The summed E-state index contributed by atoms with van der Waals surface area (Å²) in [6.45, 7) is 5.44. The molecule has 7 heteroatoms. The van der Waals surface area contributed by atoms with Gasteiger partial charge in [0.2, 0.25) is 9.84 Å². The zero-order valence-corrected chi connectivity index (χ0v) is 22.6. The van der Waals surface area contributed by atoms with Crippen LogP contribution in [0.2, 0.25) is 0 Å². The van der Waals surface area contributed by atoms with Crippen molar-refractivity contribution in [3.63, 3.8) is 0 Å². The van der Waals surface area contributed by atoms with Crippen molar-refractivity contribution < 1.29 is 13.2 Å². The summed E-state index contributed by atoms with van der Waals surface area (Å²) in [7, 11) is -1.54. The van der Waals surface area contributed by atoms with Crippen molar-refractivity contribution in [1.29, 1.82) is 0 Å². The highest BCUT2D eigenvalue weighted by Crippen LogP contribution is 2.34. The Morgan fingerprint density at radius 3 is 2.59 bits per heavy atom. The number of aryl methyl sites for hydroxylation is 1. The fraction of sp³-hybridized carbons (Fsp3) is 0.367. The number of sulfone groups is 1. The van der Waals surface area contributed by atoms with Gasteiger partial charge in [-0.15, -0.1) is 0 Å². The number of benzene rings is 2. The van der Waals surface area contributed by atoms with Crippen LogP contribution >= 0.6 is 0 Å². The fourth-order valence-electron chi connectivity index (χ4n) is 5.33. The predicted molar refractivity (Wildman–Crippen MR) is 146 cm³/mol. The number of aromatic nitrogens is 2. The Balaban J connectivity index is 1.22. The molecule has 4 aromatic rings. The van der Waals surface area contributed by atoms with Gasteiger partial charge in [-0.2, -0.15) is 5.10 Å². The summed E-state index contributed by atoms with van der Waals surface area (Å²) in [6.07, 6.45) is 6.27. The van der Waals surface area contributed by atoms with Crippen LogP contribution in [-0.2, 0) is 16.3 Å². The third kappa shape index (κ3) is 5.15. The Labute approximate surface area is 219 Å². The van der Waals surface area contributed by atoms with E-state index in [1.54, 1.807) is 41.0 Å². The maximum atomic E-state index is 13.6. The van der Waals surface area contributed by atoms with Gasteiger partial charge in [-0.25, -0.2) is 12.9 Å². The first-order valence-electron chi connectivity index (χ1n) is 13.1. The molecule has 0 amide bonds. The molecular formula is C30H35N3O3S. The lowest BCUT2D eigenvalue weighted by molar-refractivity contribution is 0.199. The van der Waals surface area contributed by atoms with Gasteiger partial charge in [-0.3, -0.25) is 4.90 Å². The number of ether oxygens (including phenoxy) is 1. The number of hydrogen-bond acceptors (Lipinski definition) is 5. The molecule has 2 heterocycles. The van der Waals surface area contributed by atoms with Crippen molar-refractivity contribution in [3.05, 3.63) is 89.7 Å². The molecule has 0 fully saturated rings. The van der Waals surface area contributed by atoms with E-state index in [1.807, 2.05) is 26.0 Å². The second-order valence-corrected chi connectivity index (χ2v) is 12.1. The van der Waals surface area contributed by atoms with Crippen LogP contribution in [0.3, 0.4) is 0 Å². The van der Waals surface area contributed by atoms with Crippen LogP contribution in [0.25, 0.3) is 5.52 Å². The smallest absolute Gasteiger partial charge is 0.210 e. The summed E-state index contributed by atoms with van der Waals surface area (Å²) < 4.78 is 34.8. The van der Waals surface area contributed by atoms with Gasteiger partial charge < -0.3 is 4.74 Å². The first-order chi connectivity index (χ1) is 17.9. The molecule has 0 aliphatic heterocycles. The minimum Gasteiger partial charge on any atom is -0.494 e. The molecule has 6 nitrogen and oxygen atoms in total. The quantitative estimate of drug-likeness (QED) is 0.252. The first-order valence-corrected chi connectivity index (χ1v) is 14.6. The molecule has 1 unspecified atom stereocenters. The van der Waals surface area contributed by atoms with Crippen LogP contribution in [-0.4, -0.2) is 43.1 Å². The van der Waals surface area contributed by atoms with Gasteiger partial charge in [0.25, 0.3) is 0 Å². The average Bonchev–Trinajstić information content (AvgIpc) is 3.32. The molecule has 0 spiro atoms. The molecular weight excluding hydrogens is 482 g/mol. The standard InChI is InChI=1S/C30H35N3O3S/c1-22(2)29-30(28-13-6-7-20-33(28)31-29)37(34,35)25-17-15-24(16-18-25)36-21-9-19-32(3)27-14-8-11-23-10-4-5-12-26(23)27/h4-7,10,12-13,15-18,20,22,27H,8-9,11,14,19,21H2,1-3H3. The Bertz CT molecular complexity index is 1480. The Hall–Kier alpha value is -3.16. The van der Waals surface area contributed by atoms with E-state index in [0.29, 0.717) is 29.6 Å². The van der Waals surface area contributed by atoms with Crippen molar-refractivity contribution >= 4 is 15.4 Å². The van der Waals surface area contributed by atoms with Gasteiger partial charge in [0.15, 0.2) is 0 Å². The maximum absolute atomic E-state index is 13.6. The number of hydrogen-bond donors (Lipinski definition) is 0. The highest BCUT2D eigenvalue weighted by Gasteiger charge is 2.28. The molecule has 1 aliphatic rings. The van der Waals surface area contributed by atoms with Crippen molar-refractivity contribution in [3.8, 4) is 5.75 Å². The summed E-state index contributed by atoms with van der Waals surface area (Å²) in [5.74, 6) is 0.654. The third-order valence-corrected chi connectivity index (χ3v) is 9.11. The first kappa shape index (κ1) is 25.5. The van der Waals surface area contributed by atoms with E-state index in [1.165, 1.54) is 30.4 Å². The van der Waals surface area contributed by atoms with Crippen molar-refractivity contribution in [1.82, 2.24) is 14.5 Å². The Morgan fingerprint density at radius 2 is 1.81 bits per heavy atom. The van der Waals surface area contributed by atoms with Crippen LogP contribution in [0.15, 0.2) is 82.7 Å². The summed E-state index contributed by atoms with van der Waals surface area (Å²) in [6, 6.07) is 21.5. The van der Waals surface area contributed by atoms with E-state index in [2.05, 4.69) is 41.3 Å². The lowest BCUT2D eigenvalue weighted by atomic mass is 9.87. The van der Waals surface area contributed by atoms with Gasteiger partial charge in [-0.05, 0) is 86.2 Å². The van der Waals surface area contributed by atoms with Crippen LogP contribution < -0.4 is 4.74 Å². The van der Waals surface area contributed by atoms with E-state index >= 15 is 0 Å². The number of pyridine rings is 1. The molecule has 5 rings (SSSR count). The molecule has 1 aliphatic carbocycles. The average molecular weight is 518 g/mol. The van der Waals surface area contributed by atoms with Crippen LogP contribution in [0, 0.1) is 0 Å². The lowest BCUT2D eigenvalue weighted by Crippen LogP contribution is -2.29. The van der Waals surface area contributed by atoms with Crippen LogP contribution in [0.5, 0.6) is 5.75 Å². The molecule has 2 aromatic heterocycles. The predicted octanol–water partition coefficient (Wildman–Crippen LogP) is 6.07. The molecule has 0 N–H and O–H groups in total. The summed E-state index contributed by atoms with van der Waals surface area (Å²) in [5, 5.41) is 4.54.